The average molecular weight is 332 g/mol. The number of carbonyl (C=O) groups excluding carboxylic acids is 1. The van der Waals surface area contributed by atoms with Crippen molar-refractivity contribution >= 4 is 21.8 Å². The molecule has 2 nitrogen and oxygen atoms in total. The van der Waals surface area contributed by atoms with E-state index in [0.717, 1.165) is 37.1 Å². The molecule has 1 saturated carbocycles. The quantitative estimate of drug-likeness (QED) is 0.841. The summed E-state index contributed by atoms with van der Waals surface area (Å²) in [5.41, 5.74) is -0.223. The van der Waals surface area contributed by atoms with Crippen LogP contribution in [0.3, 0.4) is 0 Å². The number of halogens is 3. The molecule has 1 fully saturated rings. The van der Waals surface area contributed by atoms with Gasteiger partial charge in [0.15, 0.2) is 11.6 Å². The SMILES string of the molecule is O=C(NC1CCCCC1CBr)c1cccc(F)c1F. The molecule has 19 heavy (non-hydrogen) atoms. The van der Waals surface area contributed by atoms with Crippen LogP contribution in [0.15, 0.2) is 18.2 Å². The van der Waals surface area contributed by atoms with Crippen LogP contribution in [-0.2, 0) is 0 Å². The van der Waals surface area contributed by atoms with Crippen molar-refractivity contribution in [3.05, 3.63) is 35.4 Å². The molecule has 1 N–H and O–H groups in total. The molecule has 0 bridgehead atoms. The largest absolute Gasteiger partial charge is 0.349 e. The van der Waals surface area contributed by atoms with E-state index in [1.165, 1.54) is 12.1 Å². The zero-order valence-corrected chi connectivity index (χ0v) is 12.1. The Morgan fingerprint density at radius 3 is 2.79 bits per heavy atom. The first-order valence-corrected chi connectivity index (χ1v) is 7.56. The summed E-state index contributed by atoms with van der Waals surface area (Å²) in [5.74, 6) is -2.25. The number of alkyl halides is 1. The van der Waals surface area contributed by atoms with Crippen LogP contribution in [0.25, 0.3) is 0 Å². The van der Waals surface area contributed by atoms with Crippen molar-refractivity contribution in [1.29, 1.82) is 0 Å². The molecular weight excluding hydrogens is 316 g/mol. The van der Waals surface area contributed by atoms with Gasteiger partial charge in [-0.05, 0) is 30.9 Å². The summed E-state index contributed by atoms with van der Waals surface area (Å²) in [5, 5.41) is 3.64. The topological polar surface area (TPSA) is 29.1 Å². The Balaban J connectivity index is 2.09. The summed E-state index contributed by atoms with van der Waals surface area (Å²) < 4.78 is 26.6. The highest BCUT2D eigenvalue weighted by molar-refractivity contribution is 9.09. The van der Waals surface area contributed by atoms with Gasteiger partial charge in [0.05, 0.1) is 5.56 Å². The Labute approximate surface area is 119 Å². The van der Waals surface area contributed by atoms with Crippen LogP contribution in [0.1, 0.15) is 36.0 Å². The van der Waals surface area contributed by atoms with Crippen molar-refractivity contribution in [2.45, 2.75) is 31.7 Å². The molecule has 1 amide bonds. The molecule has 1 aromatic rings. The molecule has 0 spiro atoms. The fraction of sp³-hybridized carbons (Fsp3) is 0.500. The van der Waals surface area contributed by atoms with Crippen LogP contribution in [0.5, 0.6) is 0 Å². The first-order valence-electron chi connectivity index (χ1n) is 6.44. The fourth-order valence-corrected chi connectivity index (χ4v) is 3.28. The summed E-state index contributed by atoms with van der Waals surface area (Å²) in [6.45, 7) is 0. The maximum absolute atomic E-state index is 13.5. The number of carbonyl (C=O) groups is 1. The Bertz CT molecular complexity index is 467. The lowest BCUT2D eigenvalue weighted by Crippen LogP contribution is -2.43. The third-order valence-electron chi connectivity index (χ3n) is 3.62. The zero-order valence-electron chi connectivity index (χ0n) is 10.5. The Kier molecular flexibility index (Phi) is 4.91. The van der Waals surface area contributed by atoms with Crippen LogP contribution in [0.4, 0.5) is 8.78 Å². The van der Waals surface area contributed by atoms with Crippen LogP contribution in [-0.4, -0.2) is 17.3 Å². The molecule has 1 aliphatic carbocycles. The second-order valence-electron chi connectivity index (χ2n) is 4.88. The number of amides is 1. The molecule has 2 atom stereocenters. The van der Waals surface area contributed by atoms with Crippen LogP contribution in [0, 0.1) is 17.6 Å². The summed E-state index contributed by atoms with van der Waals surface area (Å²) in [4.78, 5) is 12.0. The third kappa shape index (κ3) is 3.32. The van der Waals surface area contributed by atoms with E-state index in [9.17, 15) is 13.6 Å². The summed E-state index contributed by atoms with van der Waals surface area (Å²) in [6.07, 6.45) is 4.14. The molecule has 2 unspecified atom stereocenters. The molecule has 0 aromatic heterocycles. The van der Waals surface area contributed by atoms with Crippen molar-refractivity contribution in [2.75, 3.05) is 5.33 Å². The molecule has 1 aliphatic rings. The standard InChI is InChI=1S/C14H16BrF2NO/c15-8-9-4-1-2-7-12(9)18-14(19)10-5-3-6-11(16)13(10)17/h3,5-6,9,12H,1-2,4,7-8H2,(H,18,19). The third-order valence-corrected chi connectivity index (χ3v) is 4.45. The molecule has 104 valence electrons. The average Bonchev–Trinajstić information content (AvgIpc) is 2.42. The predicted octanol–water partition coefficient (Wildman–Crippen LogP) is 3.65. The highest BCUT2D eigenvalue weighted by atomic mass is 79.9. The van der Waals surface area contributed by atoms with Gasteiger partial charge in [0, 0.05) is 11.4 Å². The number of rotatable bonds is 3. The van der Waals surface area contributed by atoms with Crippen molar-refractivity contribution in [3.8, 4) is 0 Å². The van der Waals surface area contributed by atoms with Gasteiger partial charge in [-0.15, -0.1) is 0 Å². The summed E-state index contributed by atoms with van der Waals surface area (Å²) >= 11 is 3.44. The second kappa shape index (κ2) is 6.46. The van der Waals surface area contributed by atoms with Crippen molar-refractivity contribution in [1.82, 2.24) is 5.32 Å². The Morgan fingerprint density at radius 1 is 1.32 bits per heavy atom. The Hall–Kier alpha value is -0.970. The normalized spacial score (nSPS) is 23.1. The summed E-state index contributed by atoms with van der Waals surface area (Å²) in [7, 11) is 0. The number of hydrogen-bond acceptors (Lipinski definition) is 1. The van der Waals surface area contributed by atoms with E-state index < -0.39 is 17.5 Å². The van der Waals surface area contributed by atoms with Gasteiger partial charge < -0.3 is 5.32 Å². The van der Waals surface area contributed by atoms with E-state index in [0.29, 0.717) is 5.92 Å². The minimum atomic E-state index is -1.08. The smallest absolute Gasteiger partial charge is 0.254 e. The van der Waals surface area contributed by atoms with Crippen LogP contribution in [0.2, 0.25) is 0 Å². The van der Waals surface area contributed by atoms with Gasteiger partial charge in [-0.2, -0.15) is 0 Å². The molecule has 0 heterocycles. The Morgan fingerprint density at radius 2 is 2.05 bits per heavy atom. The van der Waals surface area contributed by atoms with Gasteiger partial charge in [-0.3, -0.25) is 4.79 Å². The zero-order chi connectivity index (χ0) is 13.8. The van der Waals surface area contributed by atoms with Gasteiger partial charge in [-0.25, -0.2) is 8.78 Å². The molecule has 5 heteroatoms. The minimum Gasteiger partial charge on any atom is -0.349 e. The van der Waals surface area contributed by atoms with E-state index in [1.807, 2.05) is 0 Å². The lowest BCUT2D eigenvalue weighted by Gasteiger charge is -2.31. The highest BCUT2D eigenvalue weighted by Gasteiger charge is 2.27. The molecule has 0 saturated heterocycles. The van der Waals surface area contributed by atoms with Gasteiger partial charge >= 0.3 is 0 Å². The minimum absolute atomic E-state index is 0.0308. The lowest BCUT2D eigenvalue weighted by molar-refractivity contribution is 0.0906. The summed E-state index contributed by atoms with van der Waals surface area (Å²) in [6, 6.07) is 3.69. The van der Waals surface area contributed by atoms with Crippen LogP contribution < -0.4 is 5.32 Å². The second-order valence-corrected chi connectivity index (χ2v) is 5.53. The monoisotopic (exact) mass is 331 g/mol. The molecular formula is C14H16BrF2NO. The van der Waals surface area contributed by atoms with Gasteiger partial charge in [0.2, 0.25) is 0 Å². The molecule has 1 aromatic carbocycles. The van der Waals surface area contributed by atoms with E-state index in [-0.39, 0.29) is 11.6 Å². The van der Waals surface area contributed by atoms with Gasteiger partial charge in [-0.1, -0.05) is 34.8 Å². The number of nitrogens with one attached hydrogen (secondary N) is 1. The first-order chi connectivity index (χ1) is 9.13. The van der Waals surface area contributed by atoms with E-state index in [4.69, 9.17) is 0 Å². The molecule has 2 rings (SSSR count). The van der Waals surface area contributed by atoms with E-state index in [1.54, 1.807) is 0 Å². The number of hydrogen-bond donors (Lipinski definition) is 1. The molecule has 0 radical (unpaired) electrons. The maximum atomic E-state index is 13.5. The van der Waals surface area contributed by atoms with E-state index >= 15 is 0 Å². The number of benzene rings is 1. The van der Waals surface area contributed by atoms with Gasteiger partial charge in [0.1, 0.15) is 0 Å². The van der Waals surface area contributed by atoms with E-state index in [2.05, 4.69) is 21.2 Å². The van der Waals surface area contributed by atoms with Crippen molar-refractivity contribution in [2.24, 2.45) is 5.92 Å². The van der Waals surface area contributed by atoms with Crippen molar-refractivity contribution in [3.63, 3.8) is 0 Å². The highest BCUT2D eigenvalue weighted by Crippen LogP contribution is 2.26. The lowest BCUT2D eigenvalue weighted by atomic mass is 9.86. The fourth-order valence-electron chi connectivity index (χ4n) is 2.51. The predicted molar refractivity (Wildman–Crippen MR) is 73.4 cm³/mol. The van der Waals surface area contributed by atoms with Crippen molar-refractivity contribution < 1.29 is 13.6 Å². The first kappa shape index (κ1) is 14.4. The van der Waals surface area contributed by atoms with Crippen LogP contribution >= 0.6 is 15.9 Å². The molecule has 0 aliphatic heterocycles. The van der Waals surface area contributed by atoms with Gasteiger partial charge in [0.25, 0.3) is 5.91 Å². The maximum Gasteiger partial charge on any atom is 0.254 e.